The number of amides is 2. The van der Waals surface area contributed by atoms with Crippen molar-refractivity contribution in [3.05, 3.63) is 59.7 Å². The van der Waals surface area contributed by atoms with Crippen molar-refractivity contribution in [2.24, 2.45) is 5.73 Å². The number of nitrogens with one attached hydrogen (secondary N) is 2. The highest BCUT2D eigenvalue weighted by atomic mass is 16.2. The lowest BCUT2D eigenvalue weighted by Crippen LogP contribution is -2.24. The lowest BCUT2D eigenvalue weighted by molar-refractivity contribution is -0.114. The Bertz CT molecular complexity index is 668. The number of aryl methyl sites for hydroxylation is 1. The number of hydrogen-bond acceptors (Lipinski definition) is 3. The minimum atomic E-state index is -0.572. The molecule has 108 valence electrons. The van der Waals surface area contributed by atoms with Crippen LogP contribution < -0.4 is 16.4 Å². The third-order valence-corrected chi connectivity index (χ3v) is 2.94. The van der Waals surface area contributed by atoms with E-state index in [1.165, 1.54) is 0 Å². The van der Waals surface area contributed by atoms with Gasteiger partial charge in [0, 0.05) is 5.69 Å². The minimum absolute atomic E-state index is 0.108. The second kappa shape index (κ2) is 6.56. The van der Waals surface area contributed by atoms with Crippen LogP contribution in [0.5, 0.6) is 0 Å². The molecule has 5 nitrogen and oxygen atoms in total. The van der Waals surface area contributed by atoms with Gasteiger partial charge in [-0.25, -0.2) is 0 Å². The fourth-order valence-corrected chi connectivity index (χ4v) is 1.94. The standard InChI is InChI=1S/C16H17N3O2/c1-11-5-4-6-12(9-11)18-10-15(20)19-14-8-3-2-7-13(14)16(17)21/h2-9,18H,10H2,1H3,(H2,17,21)(H,19,20). The summed E-state index contributed by atoms with van der Waals surface area (Å²) in [5.74, 6) is -0.817. The molecule has 0 spiro atoms. The van der Waals surface area contributed by atoms with Crippen molar-refractivity contribution < 1.29 is 9.59 Å². The summed E-state index contributed by atoms with van der Waals surface area (Å²) < 4.78 is 0. The van der Waals surface area contributed by atoms with Crippen LogP contribution in [-0.4, -0.2) is 18.4 Å². The molecule has 2 rings (SSSR count). The molecule has 0 aromatic heterocycles. The topological polar surface area (TPSA) is 84.2 Å². The Balaban J connectivity index is 1.98. The van der Waals surface area contributed by atoms with Gasteiger partial charge in [-0.3, -0.25) is 9.59 Å². The summed E-state index contributed by atoms with van der Waals surface area (Å²) >= 11 is 0. The second-order valence-electron chi connectivity index (χ2n) is 4.68. The summed E-state index contributed by atoms with van der Waals surface area (Å²) in [6, 6.07) is 14.4. The number of primary amides is 1. The van der Waals surface area contributed by atoms with E-state index < -0.39 is 5.91 Å². The maximum atomic E-state index is 11.9. The zero-order valence-electron chi connectivity index (χ0n) is 11.7. The largest absolute Gasteiger partial charge is 0.376 e. The van der Waals surface area contributed by atoms with Gasteiger partial charge < -0.3 is 16.4 Å². The van der Waals surface area contributed by atoms with Crippen LogP contribution in [-0.2, 0) is 4.79 Å². The monoisotopic (exact) mass is 283 g/mol. The molecule has 0 aliphatic carbocycles. The average molecular weight is 283 g/mol. The average Bonchev–Trinajstić information content (AvgIpc) is 2.45. The van der Waals surface area contributed by atoms with Crippen molar-refractivity contribution in [2.45, 2.75) is 6.92 Å². The van der Waals surface area contributed by atoms with Gasteiger partial charge in [-0.1, -0.05) is 24.3 Å². The fraction of sp³-hybridized carbons (Fsp3) is 0.125. The van der Waals surface area contributed by atoms with Gasteiger partial charge >= 0.3 is 0 Å². The Kier molecular flexibility index (Phi) is 4.56. The molecule has 0 saturated heterocycles. The smallest absolute Gasteiger partial charge is 0.250 e. The number of anilines is 2. The van der Waals surface area contributed by atoms with Crippen molar-refractivity contribution in [3.63, 3.8) is 0 Å². The molecule has 0 heterocycles. The van der Waals surface area contributed by atoms with Gasteiger partial charge in [-0.05, 0) is 36.8 Å². The molecule has 0 aliphatic rings. The van der Waals surface area contributed by atoms with Gasteiger partial charge in [0.2, 0.25) is 5.91 Å². The molecule has 2 aromatic carbocycles. The van der Waals surface area contributed by atoms with Gasteiger partial charge in [-0.2, -0.15) is 0 Å². The molecular weight excluding hydrogens is 266 g/mol. The number of carbonyl (C=O) groups excluding carboxylic acids is 2. The molecule has 21 heavy (non-hydrogen) atoms. The number of para-hydroxylation sites is 1. The first-order valence-corrected chi connectivity index (χ1v) is 6.55. The van der Waals surface area contributed by atoms with Crippen LogP contribution >= 0.6 is 0 Å². The quantitative estimate of drug-likeness (QED) is 0.786. The van der Waals surface area contributed by atoms with Gasteiger partial charge in [0.1, 0.15) is 0 Å². The van der Waals surface area contributed by atoms with Crippen LogP contribution in [0.25, 0.3) is 0 Å². The maximum Gasteiger partial charge on any atom is 0.250 e. The Morgan fingerprint density at radius 2 is 1.86 bits per heavy atom. The Labute approximate surface area is 123 Å². The van der Waals surface area contributed by atoms with Crippen LogP contribution in [0.4, 0.5) is 11.4 Å². The molecule has 0 saturated carbocycles. The lowest BCUT2D eigenvalue weighted by Gasteiger charge is -2.10. The van der Waals surface area contributed by atoms with E-state index in [-0.39, 0.29) is 12.5 Å². The third kappa shape index (κ3) is 4.07. The molecule has 5 heteroatoms. The Morgan fingerprint density at radius 1 is 1.10 bits per heavy atom. The van der Waals surface area contributed by atoms with Gasteiger partial charge in [0.25, 0.3) is 5.91 Å². The first-order chi connectivity index (χ1) is 10.1. The Hall–Kier alpha value is -2.82. The summed E-state index contributed by atoms with van der Waals surface area (Å²) in [5.41, 5.74) is 7.96. The zero-order valence-corrected chi connectivity index (χ0v) is 11.7. The van der Waals surface area contributed by atoms with E-state index in [0.29, 0.717) is 11.3 Å². The first kappa shape index (κ1) is 14.6. The normalized spacial score (nSPS) is 9.95. The minimum Gasteiger partial charge on any atom is -0.376 e. The highest BCUT2D eigenvalue weighted by Gasteiger charge is 2.09. The van der Waals surface area contributed by atoms with Crippen LogP contribution in [0.15, 0.2) is 48.5 Å². The number of nitrogens with two attached hydrogens (primary N) is 1. The van der Waals surface area contributed by atoms with Crippen LogP contribution in [0.2, 0.25) is 0 Å². The van der Waals surface area contributed by atoms with E-state index in [1.807, 2.05) is 31.2 Å². The van der Waals surface area contributed by atoms with E-state index in [4.69, 9.17) is 5.73 Å². The van der Waals surface area contributed by atoms with Gasteiger partial charge in [0.15, 0.2) is 0 Å². The van der Waals surface area contributed by atoms with E-state index in [1.54, 1.807) is 24.3 Å². The molecule has 0 atom stereocenters. The third-order valence-electron chi connectivity index (χ3n) is 2.94. The molecule has 0 radical (unpaired) electrons. The highest BCUT2D eigenvalue weighted by molar-refractivity contribution is 6.03. The number of hydrogen-bond donors (Lipinski definition) is 3. The summed E-state index contributed by atoms with van der Waals surface area (Å²) in [4.78, 5) is 23.2. The molecule has 2 amide bonds. The molecule has 0 fully saturated rings. The van der Waals surface area contributed by atoms with Crippen molar-refractivity contribution >= 4 is 23.2 Å². The lowest BCUT2D eigenvalue weighted by atomic mass is 10.1. The summed E-state index contributed by atoms with van der Waals surface area (Å²) in [7, 11) is 0. The molecule has 4 N–H and O–H groups in total. The van der Waals surface area contributed by atoms with Crippen LogP contribution in [0.1, 0.15) is 15.9 Å². The second-order valence-corrected chi connectivity index (χ2v) is 4.68. The molecule has 0 bridgehead atoms. The van der Waals surface area contributed by atoms with Crippen molar-refractivity contribution in [2.75, 3.05) is 17.2 Å². The van der Waals surface area contributed by atoms with Gasteiger partial charge in [0.05, 0.1) is 17.8 Å². The molecule has 2 aromatic rings. The number of carbonyl (C=O) groups is 2. The van der Waals surface area contributed by atoms with Gasteiger partial charge in [-0.15, -0.1) is 0 Å². The van der Waals surface area contributed by atoms with Crippen LogP contribution in [0, 0.1) is 6.92 Å². The summed E-state index contributed by atoms with van der Waals surface area (Å²) in [5, 5.41) is 5.70. The van der Waals surface area contributed by atoms with E-state index >= 15 is 0 Å². The van der Waals surface area contributed by atoms with Crippen molar-refractivity contribution in [1.29, 1.82) is 0 Å². The first-order valence-electron chi connectivity index (χ1n) is 6.55. The predicted molar refractivity (Wildman–Crippen MR) is 83.3 cm³/mol. The maximum absolute atomic E-state index is 11.9. The van der Waals surface area contributed by atoms with Crippen molar-refractivity contribution in [3.8, 4) is 0 Å². The molecular formula is C16H17N3O2. The van der Waals surface area contributed by atoms with E-state index in [0.717, 1.165) is 11.3 Å². The predicted octanol–water partition coefficient (Wildman–Crippen LogP) is 2.14. The Morgan fingerprint density at radius 3 is 2.57 bits per heavy atom. The summed E-state index contributed by atoms with van der Waals surface area (Å²) in [6.07, 6.45) is 0. The molecule has 0 aliphatic heterocycles. The van der Waals surface area contributed by atoms with Crippen molar-refractivity contribution in [1.82, 2.24) is 0 Å². The zero-order chi connectivity index (χ0) is 15.2. The van der Waals surface area contributed by atoms with Crippen LogP contribution in [0.3, 0.4) is 0 Å². The van der Waals surface area contributed by atoms with E-state index in [2.05, 4.69) is 10.6 Å². The fourth-order valence-electron chi connectivity index (χ4n) is 1.94. The van der Waals surface area contributed by atoms with E-state index in [9.17, 15) is 9.59 Å². The SMILES string of the molecule is Cc1cccc(NCC(=O)Nc2ccccc2C(N)=O)c1. The highest BCUT2D eigenvalue weighted by Crippen LogP contribution is 2.14. The summed E-state index contributed by atoms with van der Waals surface area (Å²) in [6.45, 7) is 2.09. The number of benzene rings is 2. The number of rotatable bonds is 5. The molecule has 0 unspecified atom stereocenters.